The molecule has 1 N–H and O–H groups in total. The summed E-state index contributed by atoms with van der Waals surface area (Å²) in [6, 6.07) is 5.61. The highest BCUT2D eigenvalue weighted by atomic mass is 32.2. The Hall–Kier alpha value is -0.680. The van der Waals surface area contributed by atoms with Crippen molar-refractivity contribution in [2.75, 3.05) is 12.8 Å². The van der Waals surface area contributed by atoms with E-state index in [1.165, 1.54) is 37.8 Å². The third-order valence-corrected chi connectivity index (χ3v) is 5.26. The minimum atomic E-state index is -4.26. The van der Waals surface area contributed by atoms with Gasteiger partial charge in [0.1, 0.15) is 0 Å². The van der Waals surface area contributed by atoms with E-state index in [2.05, 4.69) is 5.32 Å². The van der Waals surface area contributed by atoms with E-state index < -0.39 is 11.7 Å². The van der Waals surface area contributed by atoms with Gasteiger partial charge in [-0.05, 0) is 37.6 Å². The minimum Gasteiger partial charge on any atom is -0.312 e. The maximum Gasteiger partial charge on any atom is 0.416 e. The Morgan fingerprint density at radius 3 is 2.30 bits per heavy atom. The first-order valence-electron chi connectivity index (χ1n) is 6.96. The molecule has 1 aliphatic carbocycles. The third-order valence-electron chi connectivity index (χ3n) is 3.79. The lowest BCUT2D eigenvalue weighted by atomic mass is 10.1. The van der Waals surface area contributed by atoms with E-state index in [-0.39, 0.29) is 6.04 Å². The molecule has 1 nitrogen and oxygen atoms in total. The normalized spacial score (nSPS) is 18.4. The predicted molar refractivity (Wildman–Crippen MR) is 78.0 cm³/mol. The first-order chi connectivity index (χ1) is 9.50. The zero-order chi connectivity index (χ0) is 14.6. The second kappa shape index (κ2) is 6.85. The van der Waals surface area contributed by atoms with Crippen LogP contribution in [0.3, 0.4) is 0 Å². The maximum atomic E-state index is 12.5. The van der Waals surface area contributed by atoms with Gasteiger partial charge in [-0.2, -0.15) is 24.9 Å². The molecule has 20 heavy (non-hydrogen) atoms. The largest absolute Gasteiger partial charge is 0.416 e. The summed E-state index contributed by atoms with van der Waals surface area (Å²) < 4.78 is 37.6. The highest BCUT2D eigenvalue weighted by molar-refractivity contribution is 7.99. The Kier molecular flexibility index (Phi) is 5.38. The molecule has 0 saturated heterocycles. The van der Waals surface area contributed by atoms with Gasteiger partial charge in [0.05, 0.1) is 5.56 Å². The van der Waals surface area contributed by atoms with E-state index >= 15 is 0 Å². The fraction of sp³-hybridized carbons (Fsp3) is 0.600. The summed E-state index contributed by atoms with van der Waals surface area (Å²) in [5.74, 6) is 0.909. The van der Waals surface area contributed by atoms with Crippen LogP contribution in [0.2, 0.25) is 0 Å². The zero-order valence-corrected chi connectivity index (χ0v) is 12.4. The predicted octanol–water partition coefficient (Wildman–Crippen LogP) is 4.64. The highest BCUT2D eigenvalue weighted by Gasteiger charge is 2.30. The van der Waals surface area contributed by atoms with E-state index in [1.54, 1.807) is 12.1 Å². The molecule has 1 aliphatic rings. The van der Waals surface area contributed by atoms with Gasteiger partial charge < -0.3 is 5.32 Å². The molecule has 0 radical (unpaired) electrons. The molecule has 1 fully saturated rings. The van der Waals surface area contributed by atoms with Gasteiger partial charge in [-0.25, -0.2) is 0 Å². The van der Waals surface area contributed by atoms with Gasteiger partial charge in [-0.1, -0.05) is 25.0 Å². The van der Waals surface area contributed by atoms with Crippen molar-refractivity contribution in [1.82, 2.24) is 5.32 Å². The minimum absolute atomic E-state index is 0.114. The summed E-state index contributed by atoms with van der Waals surface area (Å²) in [4.78, 5) is 0. The maximum absolute atomic E-state index is 12.5. The number of hydrogen-bond donors (Lipinski definition) is 1. The average molecular weight is 303 g/mol. The Morgan fingerprint density at radius 2 is 1.80 bits per heavy atom. The smallest absolute Gasteiger partial charge is 0.312 e. The molecule has 5 heteroatoms. The van der Waals surface area contributed by atoms with Gasteiger partial charge in [-0.3, -0.25) is 0 Å². The molecule has 0 amide bonds. The summed E-state index contributed by atoms with van der Waals surface area (Å²) in [7, 11) is 1.86. The van der Waals surface area contributed by atoms with E-state index in [0.717, 1.165) is 16.6 Å². The molecular formula is C15H20F3NS. The molecule has 1 unspecified atom stereocenters. The van der Waals surface area contributed by atoms with Crippen LogP contribution in [0.4, 0.5) is 13.2 Å². The van der Waals surface area contributed by atoms with Crippen molar-refractivity contribution in [1.29, 1.82) is 0 Å². The van der Waals surface area contributed by atoms with Crippen LogP contribution in [0.25, 0.3) is 0 Å². The summed E-state index contributed by atoms with van der Waals surface area (Å²) in [6.45, 7) is 0. The van der Waals surface area contributed by atoms with Crippen molar-refractivity contribution in [3.63, 3.8) is 0 Å². The molecule has 1 atom stereocenters. The second-order valence-corrected chi connectivity index (χ2v) is 6.53. The third kappa shape index (κ3) is 4.16. The summed E-state index contributed by atoms with van der Waals surface area (Å²) >= 11 is 1.94. The van der Waals surface area contributed by atoms with Crippen LogP contribution in [0.1, 0.15) is 42.9 Å². The molecule has 0 aliphatic heterocycles. The van der Waals surface area contributed by atoms with Gasteiger partial charge in [0.2, 0.25) is 0 Å². The van der Waals surface area contributed by atoms with E-state index in [1.807, 2.05) is 18.8 Å². The molecule has 112 valence electrons. The lowest BCUT2D eigenvalue weighted by Gasteiger charge is -2.19. The Morgan fingerprint density at radius 1 is 1.20 bits per heavy atom. The van der Waals surface area contributed by atoms with Crippen molar-refractivity contribution >= 4 is 11.8 Å². The van der Waals surface area contributed by atoms with Crippen LogP contribution in [0.15, 0.2) is 24.3 Å². The molecule has 2 rings (SSSR count). The number of rotatable bonds is 5. The van der Waals surface area contributed by atoms with Crippen LogP contribution in [-0.2, 0) is 6.18 Å². The second-order valence-electron chi connectivity index (χ2n) is 5.20. The van der Waals surface area contributed by atoms with Crippen LogP contribution in [0.5, 0.6) is 0 Å². The standard InChI is InChI=1S/C15H20F3NS/c1-19-14(10-20-13-4-2-3-5-13)11-6-8-12(9-7-11)15(16,17)18/h6-9,13-14,19H,2-5,10H2,1H3. The van der Waals surface area contributed by atoms with Crippen molar-refractivity contribution in [2.45, 2.75) is 43.2 Å². The van der Waals surface area contributed by atoms with E-state index in [0.29, 0.717) is 0 Å². The van der Waals surface area contributed by atoms with Crippen molar-refractivity contribution < 1.29 is 13.2 Å². The lowest BCUT2D eigenvalue weighted by Crippen LogP contribution is -2.20. The van der Waals surface area contributed by atoms with Crippen molar-refractivity contribution in [3.8, 4) is 0 Å². The molecule has 0 bridgehead atoms. The molecule has 0 heterocycles. The Bertz CT molecular complexity index is 410. The molecule has 1 aromatic rings. The summed E-state index contributed by atoms with van der Waals surface area (Å²) in [5.41, 5.74) is 0.338. The quantitative estimate of drug-likeness (QED) is 0.850. The number of benzene rings is 1. The summed E-state index contributed by atoms with van der Waals surface area (Å²) in [5, 5.41) is 3.92. The fourth-order valence-corrected chi connectivity index (χ4v) is 4.03. The fourth-order valence-electron chi connectivity index (χ4n) is 2.54. The monoisotopic (exact) mass is 303 g/mol. The van der Waals surface area contributed by atoms with Crippen molar-refractivity contribution in [3.05, 3.63) is 35.4 Å². The van der Waals surface area contributed by atoms with Gasteiger partial charge in [0.15, 0.2) is 0 Å². The highest BCUT2D eigenvalue weighted by Crippen LogP contribution is 2.33. The van der Waals surface area contributed by atoms with Gasteiger partial charge in [-0.15, -0.1) is 0 Å². The zero-order valence-electron chi connectivity index (χ0n) is 11.5. The van der Waals surface area contributed by atoms with Crippen LogP contribution in [0, 0.1) is 0 Å². The molecule has 0 aromatic heterocycles. The molecule has 0 spiro atoms. The van der Waals surface area contributed by atoms with Gasteiger partial charge in [0, 0.05) is 17.0 Å². The topological polar surface area (TPSA) is 12.0 Å². The van der Waals surface area contributed by atoms with Crippen LogP contribution in [-0.4, -0.2) is 18.1 Å². The molecule has 1 saturated carbocycles. The first kappa shape index (κ1) is 15.7. The Labute approximate surface area is 122 Å². The molecule has 1 aromatic carbocycles. The number of alkyl halides is 3. The SMILES string of the molecule is CNC(CSC1CCCC1)c1ccc(C(F)(F)F)cc1. The average Bonchev–Trinajstić information content (AvgIpc) is 2.92. The van der Waals surface area contributed by atoms with Crippen LogP contribution < -0.4 is 5.32 Å². The number of thioether (sulfide) groups is 1. The Balaban J connectivity index is 1.96. The van der Waals surface area contributed by atoms with Crippen molar-refractivity contribution in [2.24, 2.45) is 0 Å². The lowest BCUT2D eigenvalue weighted by molar-refractivity contribution is -0.137. The van der Waals surface area contributed by atoms with E-state index in [4.69, 9.17) is 0 Å². The van der Waals surface area contributed by atoms with Gasteiger partial charge in [0.25, 0.3) is 0 Å². The van der Waals surface area contributed by atoms with E-state index in [9.17, 15) is 13.2 Å². The number of halogens is 3. The number of nitrogens with one attached hydrogen (secondary N) is 1. The first-order valence-corrected chi connectivity index (χ1v) is 8.01. The van der Waals surface area contributed by atoms with Crippen LogP contribution >= 0.6 is 11.8 Å². The van der Waals surface area contributed by atoms with Gasteiger partial charge >= 0.3 is 6.18 Å². The number of hydrogen-bond acceptors (Lipinski definition) is 2. The summed E-state index contributed by atoms with van der Waals surface area (Å²) in [6.07, 6.45) is 0.902. The molecular weight excluding hydrogens is 283 g/mol.